The van der Waals surface area contributed by atoms with Crippen LogP contribution in [0.4, 0.5) is 0 Å². The Kier molecular flexibility index (Phi) is 3.61. The van der Waals surface area contributed by atoms with Crippen LogP contribution in [0.2, 0.25) is 0 Å². The van der Waals surface area contributed by atoms with Crippen LogP contribution < -0.4 is 5.73 Å². The van der Waals surface area contributed by atoms with Crippen LogP contribution in [0.15, 0.2) is 12.3 Å². The third kappa shape index (κ3) is 2.28. The van der Waals surface area contributed by atoms with Crippen molar-refractivity contribution in [2.75, 3.05) is 19.6 Å². The highest BCUT2D eigenvalue weighted by atomic mass is 15.3. The summed E-state index contributed by atoms with van der Waals surface area (Å²) in [6.07, 6.45) is 4.35. The lowest BCUT2D eigenvalue weighted by atomic mass is 10.1. The summed E-state index contributed by atoms with van der Waals surface area (Å²) in [5, 5.41) is 4.44. The molecule has 0 amide bonds. The predicted molar refractivity (Wildman–Crippen MR) is 65.2 cm³/mol. The molecule has 0 radical (unpaired) electrons. The van der Waals surface area contributed by atoms with E-state index in [0.717, 1.165) is 18.8 Å². The van der Waals surface area contributed by atoms with Gasteiger partial charge in [0.25, 0.3) is 0 Å². The van der Waals surface area contributed by atoms with Gasteiger partial charge in [-0.3, -0.25) is 4.68 Å². The van der Waals surface area contributed by atoms with Crippen molar-refractivity contribution in [2.24, 2.45) is 5.73 Å². The number of nitrogens with two attached hydrogens (primary N) is 1. The molecular formula is C12H22N4. The van der Waals surface area contributed by atoms with Gasteiger partial charge >= 0.3 is 0 Å². The smallest absolute Gasteiger partial charge is 0.0650 e. The maximum Gasteiger partial charge on any atom is 0.0650 e. The van der Waals surface area contributed by atoms with Gasteiger partial charge in [0, 0.05) is 18.8 Å². The van der Waals surface area contributed by atoms with Crippen LogP contribution in [0.3, 0.4) is 0 Å². The van der Waals surface area contributed by atoms with Gasteiger partial charge in [0.05, 0.1) is 11.7 Å². The maximum absolute atomic E-state index is 5.96. The lowest BCUT2D eigenvalue weighted by molar-refractivity contribution is 0.174. The van der Waals surface area contributed by atoms with Gasteiger partial charge < -0.3 is 10.6 Å². The predicted octanol–water partition coefficient (Wildman–Crippen LogP) is 1.56. The van der Waals surface area contributed by atoms with E-state index in [1.54, 1.807) is 0 Å². The molecule has 2 heterocycles. The Balaban J connectivity index is 2.13. The molecule has 0 spiro atoms. The molecule has 4 heteroatoms. The number of hydrogen-bond acceptors (Lipinski definition) is 3. The van der Waals surface area contributed by atoms with Gasteiger partial charge in [-0.05, 0) is 38.9 Å². The van der Waals surface area contributed by atoms with E-state index >= 15 is 0 Å². The quantitative estimate of drug-likeness (QED) is 0.844. The molecule has 1 saturated heterocycles. The fraction of sp³-hybridized carbons (Fsp3) is 0.750. The summed E-state index contributed by atoms with van der Waals surface area (Å²) in [7, 11) is 0. The van der Waals surface area contributed by atoms with Crippen molar-refractivity contribution >= 4 is 0 Å². The average Bonchev–Trinajstić information content (AvgIpc) is 2.78. The number of aromatic nitrogens is 2. The van der Waals surface area contributed by atoms with Gasteiger partial charge in [-0.1, -0.05) is 6.92 Å². The SMILES string of the molecule is CCN1CCCC(n2nccc2C(C)N)C1. The zero-order valence-corrected chi connectivity index (χ0v) is 10.3. The molecule has 0 saturated carbocycles. The van der Waals surface area contributed by atoms with E-state index in [9.17, 15) is 0 Å². The normalized spacial score (nSPS) is 24.6. The fourth-order valence-corrected chi connectivity index (χ4v) is 2.51. The van der Waals surface area contributed by atoms with E-state index in [0.29, 0.717) is 6.04 Å². The molecule has 4 nitrogen and oxygen atoms in total. The van der Waals surface area contributed by atoms with Crippen LogP contribution in [0.25, 0.3) is 0 Å². The molecule has 90 valence electrons. The second kappa shape index (κ2) is 4.97. The number of rotatable bonds is 3. The van der Waals surface area contributed by atoms with E-state index in [4.69, 9.17) is 5.73 Å². The van der Waals surface area contributed by atoms with Gasteiger partial charge in [-0.25, -0.2) is 0 Å². The lowest BCUT2D eigenvalue weighted by Gasteiger charge is -2.33. The first-order chi connectivity index (χ1) is 7.72. The fourth-order valence-electron chi connectivity index (χ4n) is 2.51. The number of nitrogens with zero attached hydrogens (tertiary/aromatic N) is 3. The van der Waals surface area contributed by atoms with Crippen LogP contribution in [-0.4, -0.2) is 34.3 Å². The van der Waals surface area contributed by atoms with Gasteiger partial charge in [0.1, 0.15) is 0 Å². The van der Waals surface area contributed by atoms with Crippen LogP contribution in [-0.2, 0) is 0 Å². The Labute approximate surface area is 97.4 Å². The number of piperidine rings is 1. The van der Waals surface area contributed by atoms with Crippen LogP contribution in [0.1, 0.15) is 44.5 Å². The zero-order chi connectivity index (χ0) is 11.5. The topological polar surface area (TPSA) is 47.1 Å². The summed E-state index contributed by atoms with van der Waals surface area (Å²) in [6, 6.07) is 2.61. The second-order valence-corrected chi connectivity index (χ2v) is 4.68. The summed E-state index contributed by atoms with van der Waals surface area (Å²) < 4.78 is 2.13. The number of likely N-dealkylation sites (tertiary alicyclic amines) is 1. The van der Waals surface area contributed by atoms with Crippen molar-refractivity contribution in [3.63, 3.8) is 0 Å². The number of hydrogen-bond donors (Lipinski definition) is 1. The Morgan fingerprint density at radius 2 is 2.44 bits per heavy atom. The molecule has 1 aromatic heterocycles. The molecule has 2 rings (SSSR count). The van der Waals surface area contributed by atoms with Gasteiger partial charge in [-0.2, -0.15) is 5.10 Å². The molecule has 1 aromatic rings. The van der Waals surface area contributed by atoms with E-state index < -0.39 is 0 Å². The molecule has 1 aliphatic rings. The highest BCUT2D eigenvalue weighted by molar-refractivity contribution is 5.06. The van der Waals surface area contributed by atoms with Crippen molar-refractivity contribution in [1.29, 1.82) is 0 Å². The highest BCUT2D eigenvalue weighted by Crippen LogP contribution is 2.23. The standard InChI is InChI=1S/C12H22N4/c1-3-15-8-4-5-11(9-15)16-12(10(2)13)6-7-14-16/h6-7,10-11H,3-5,8-9,13H2,1-2H3. The summed E-state index contributed by atoms with van der Waals surface area (Å²) in [5.74, 6) is 0. The van der Waals surface area contributed by atoms with Crippen molar-refractivity contribution in [3.8, 4) is 0 Å². The molecule has 1 fully saturated rings. The van der Waals surface area contributed by atoms with Crippen LogP contribution in [0.5, 0.6) is 0 Å². The van der Waals surface area contributed by atoms with Crippen molar-refractivity contribution in [2.45, 2.75) is 38.8 Å². The van der Waals surface area contributed by atoms with E-state index in [1.165, 1.54) is 19.4 Å². The highest BCUT2D eigenvalue weighted by Gasteiger charge is 2.22. The van der Waals surface area contributed by atoms with E-state index in [1.807, 2.05) is 19.2 Å². The van der Waals surface area contributed by atoms with Gasteiger partial charge in [-0.15, -0.1) is 0 Å². The van der Waals surface area contributed by atoms with Gasteiger partial charge in [0.15, 0.2) is 0 Å². The summed E-state index contributed by atoms with van der Waals surface area (Å²) in [6.45, 7) is 7.71. The van der Waals surface area contributed by atoms with E-state index in [2.05, 4.69) is 21.6 Å². The third-order valence-corrected chi connectivity index (χ3v) is 3.44. The largest absolute Gasteiger partial charge is 0.323 e. The minimum atomic E-state index is 0.0690. The molecule has 1 aliphatic heterocycles. The van der Waals surface area contributed by atoms with Crippen LogP contribution in [0, 0.1) is 0 Å². The Morgan fingerprint density at radius 1 is 1.62 bits per heavy atom. The average molecular weight is 222 g/mol. The molecular weight excluding hydrogens is 200 g/mol. The van der Waals surface area contributed by atoms with Crippen molar-refractivity contribution < 1.29 is 0 Å². The Hall–Kier alpha value is -0.870. The maximum atomic E-state index is 5.96. The molecule has 2 unspecified atom stereocenters. The van der Waals surface area contributed by atoms with Crippen molar-refractivity contribution in [1.82, 2.24) is 14.7 Å². The van der Waals surface area contributed by atoms with E-state index in [-0.39, 0.29) is 6.04 Å². The lowest BCUT2D eigenvalue weighted by Crippen LogP contribution is -2.37. The first-order valence-corrected chi connectivity index (χ1v) is 6.23. The minimum absolute atomic E-state index is 0.0690. The molecule has 0 aromatic carbocycles. The first-order valence-electron chi connectivity index (χ1n) is 6.23. The molecule has 2 N–H and O–H groups in total. The van der Waals surface area contributed by atoms with Crippen LogP contribution >= 0.6 is 0 Å². The molecule has 0 aliphatic carbocycles. The van der Waals surface area contributed by atoms with Crippen molar-refractivity contribution in [3.05, 3.63) is 18.0 Å². The molecule has 16 heavy (non-hydrogen) atoms. The monoisotopic (exact) mass is 222 g/mol. The summed E-state index contributed by atoms with van der Waals surface area (Å²) >= 11 is 0. The zero-order valence-electron chi connectivity index (χ0n) is 10.3. The minimum Gasteiger partial charge on any atom is -0.323 e. The Morgan fingerprint density at radius 3 is 3.12 bits per heavy atom. The third-order valence-electron chi connectivity index (χ3n) is 3.44. The molecule has 2 atom stereocenters. The molecule has 0 bridgehead atoms. The summed E-state index contributed by atoms with van der Waals surface area (Å²) in [4.78, 5) is 2.49. The first kappa shape index (κ1) is 11.6. The number of likely N-dealkylation sites (N-methyl/N-ethyl adjacent to an activating group) is 1. The Bertz CT molecular complexity index is 332. The summed E-state index contributed by atoms with van der Waals surface area (Å²) in [5.41, 5.74) is 7.11. The van der Waals surface area contributed by atoms with Gasteiger partial charge in [0.2, 0.25) is 0 Å². The second-order valence-electron chi connectivity index (χ2n) is 4.68.